The van der Waals surface area contributed by atoms with Crippen molar-refractivity contribution < 1.29 is 9.47 Å². The fourth-order valence-electron chi connectivity index (χ4n) is 2.37. The second-order valence-electron chi connectivity index (χ2n) is 5.53. The monoisotopic (exact) mass is 263 g/mol. The summed E-state index contributed by atoms with van der Waals surface area (Å²) >= 11 is 0. The molecule has 3 nitrogen and oxygen atoms in total. The van der Waals surface area contributed by atoms with E-state index in [-0.39, 0.29) is 12.2 Å². The first kappa shape index (κ1) is 14.5. The highest BCUT2D eigenvalue weighted by atomic mass is 16.6. The van der Waals surface area contributed by atoms with Gasteiger partial charge in [0.05, 0.1) is 18.8 Å². The van der Waals surface area contributed by atoms with E-state index in [4.69, 9.17) is 9.47 Å². The van der Waals surface area contributed by atoms with Gasteiger partial charge in [0, 0.05) is 19.2 Å². The third kappa shape index (κ3) is 4.30. The van der Waals surface area contributed by atoms with Crippen molar-refractivity contribution >= 4 is 0 Å². The molecule has 2 rings (SSSR count). The smallest absolute Gasteiger partial charge is 0.0956 e. The first-order chi connectivity index (χ1) is 9.16. The second-order valence-corrected chi connectivity index (χ2v) is 5.53. The van der Waals surface area contributed by atoms with E-state index in [0.29, 0.717) is 6.04 Å². The number of ether oxygens (including phenoxy) is 2. The van der Waals surface area contributed by atoms with E-state index < -0.39 is 0 Å². The summed E-state index contributed by atoms with van der Waals surface area (Å²) in [6.45, 7) is 8.86. The predicted molar refractivity (Wildman–Crippen MR) is 77.4 cm³/mol. The number of aryl methyl sites for hydroxylation is 1. The highest BCUT2D eigenvalue weighted by Crippen LogP contribution is 2.24. The van der Waals surface area contributed by atoms with Crippen LogP contribution in [0.25, 0.3) is 0 Å². The van der Waals surface area contributed by atoms with E-state index >= 15 is 0 Å². The lowest BCUT2D eigenvalue weighted by Crippen LogP contribution is -2.31. The third-order valence-electron chi connectivity index (χ3n) is 3.49. The van der Waals surface area contributed by atoms with Crippen molar-refractivity contribution in [1.82, 2.24) is 5.32 Å². The first-order valence-electron chi connectivity index (χ1n) is 7.19. The maximum atomic E-state index is 6.24. The van der Waals surface area contributed by atoms with Crippen molar-refractivity contribution in [3.05, 3.63) is 35.4 Å². The molecule has 1 saturated heterocycles. The average molecular weight is 263 g/mol. The van der Waals surface area contributed by atoms with Gasteiger partial charge in [-0.05, 0) is 24.5 Å². The summed E-state index contributed by atoms with van der Waals surface area (Å²) in [5.41, 5.74) is 2.57. The molecule has 1 aliphatic rings. The van der Waals surface area contributed by atoms with Gasteiger partial charge in [-0.25, -0.2) is 0 Å². The summed E-state index contributed by atoms with van der Waals surface area (Å²) < 4.78 is 11.6. The van der Waals surface area contributed by atoms with E-state index in [1.54, 1.807) is 0 Å². The molecule has 1 fully saturated rings. The van der Waals surface area contributed by atoms with Gasteiger partial charge in [0.25, 0.3) is 0 Å². The fourth-order valence-corrected chi connectivity index (χ4v) is 2.37. The van der Waals surface area contributed by atoms with Crippen LogP contribution in [0.15, 0.2) is 24.3 Å². The molecule has 0 spiro atoms. The minimum atomic E-state index is 0.107. The molecular weight excluding hydrogens is 238 g/mol. The Labute approximate surface area is 116 Å². The Balaban J connectivity index is 2.06. The van der Waals surface area contributed by atoms with Crippen LogP contribution >= 0.6 is 0 Å². The molecule has 106 valence electrons. The zero-order chi connectivity index (χ0) is 13.7. The van der Waals surface area contributed by atoms with Crippen LogP contribution in [0.5, 0.6) is 0 Å². The van der Waals surface area contributed by atoms with Crippen molar-refractivity contribution in [2.75, 3.05) is 19.8 Å². The third-order valence-corrected chi connectivity index (χ3v) is 3.49. The minimum Gasteiger partial charge on any atom is -0.379 e. The SMILES string of the molecule is Cc1ccccc1C(CNC(C)C)OC1CCOC1. The second kappa shape index (κ2) is 7.04. The maximum absolute atomic E-state index is 6.24. The molecule has 1 aliphatic heterocycles. The lowest BCUT2D eigenvalue weighted by molar-refractivity contribution is -0.0174. The van der Waals surface area contributed by atoms with Gasteiger partial charge in [-0.1, -0.05) is 38.1 Å². The fraction of sp³-hybridized carbons (Fsp3) is 0.625. The van der Waals surface area contributed by atoms with Crippen LogP contribution in [0.2, 0.25) is 0 Å². The molecule has 3 heteroatoms. The molecule has 19 heavy (non-hydrogen) atoms. The Hall–Kier alpha value is -0.900. The van der Waals surface area contributed by atoms with Gasteiger partial charge < -0.3 is 14.8 Å². The van der Waals surface area contributed by atoms with Crippen LogP contribution in [-0.4, -0.2) is 31.9 Å². The summed E-state index contributed by atoms with van der Waals surface area (Å²) in [5.74, 6) is 0. The lowest BCUT2D eigenvalue weighted by Gasteiger charge is -2.24. The van der Waals surface area contributed by atoms with E-state index in [9.17, 15) is 0 Å². The molecule has 1 N–H and O–H groups in total. The minimum absolute atomic E-state index is 0.107. The van der Waals surface area contributed by atoms with Crippen LogP contribution in [0.1, 0.15) is 37.5 Å². The van der Waals surface area contributed by atoms with Gasteiger partial charge >= 0.3 is 0 Å². The first-order valence-corrected chi connectivity index (χ1v) is 7.19. The summed E-state index contributed by atoms with van der Waals surface area (Å²) in [4.78, 5) is 0. The van der Waals surface area contributed by atoms with E-state index in [2.05, 4.69) is 50.4 Å². The van der Waals surface area contributed by atoms with Crippen LogP contribution in [0, 0.1) is 6.92 Å². The van der Waals surface area contributed by atoms with Gasteiger partial charge in [-0.3, -0.25) is 0 Å². The quantitative estimate of drug-likeness (QED) is 0.856. The molecule has 1 heterocycles. The molecule has 0 radical (unpaired) electrons. The largest absolute Gasteiger partial charge is 0.379 e. The van der Waals surface area contributed by atoms with Crippen molar-refractivity contribution in [1.29, 1.82) is 0 Å². The molecule has 2 unspecified atom stereocenters. The molecule has 1 aromatic rings. The molecule has 2 atom stereocenters. The van der Waals surface area contributed by atoms with Gasteiger partial charge in [0.15, 0.2) is 0 Å². The summed E-state index contributed by atoms with van der Waals surface area (Å²) in [6.07, 6.45) is 1.35. The molecule has 1 aromatic carbocycles. The highest BCUT2D eigenvalue weighted by Gasteiger charge is 2.23. The number of nitrogens with one attached hydrogen (secondary N) is 1. The Morgan fingerprint density at radius 1 is 1.37 bits per heavy atom. The Kier molecular flexibility index (Phi) is 5.37. The average Bonchev–Trinajstić information content (AvgIpc) is 2.88. The van der Waals surface area contributed by atoms with Crippen molar-refractivity contribution in [2.24, 2.45) is 0 Å². The van der Waals surface area contributed by atoms with Crippen LogP contribution in [0.4, 0.5) is 0 Å². The summed E-state index contributed by atoms with van der Waals surface area (Å²) in [7, 11) is 0. The molecule has 0 aromatic heterocycles. The van der Waals surface area contributed by atoms with Gasteiger partial charge in [0.2, 0.25) is 0 Å². The van der Waals surface area contributed by atoms with Gasteiger partial charge in [-0.2, -0.15) is 0 Å². The Bertz CT molecular complexity index is 386. The molecule has 0 saturated carbocycles. The molecule has 0 amide bonds. The number of rotatable bonds is 6. The topological polar surface area (TPSA) is 30.5 Å². The summed E-state index contributed by atoms with van der Waals surface area (Å²) in [6, 6.07) is 8.93. The highest BCUT2D eigenvalue weighted by molar-refractivity contribution is 5.28. The Morgan fingerprint density at radius 2 is 2.16 bits per heavy atom. The van der Waals surface area contributed by atoms with Crippen LogP contribution < -0.4 is 5.32 Å². The van der Waals surface area contributed by atoms with E-state index in [1.165, 1.54) is 11.1 Å². The van der Waals surface area contributed by atoms with Crippen molar-refractivity contribution in [3.63, 3.8) is 0 Å². The molecule has 0 bridgehead atoms. The zero-order valence-electron chi connectivity index (χ0n) is 12.2. The molecule has 0 aliphatic carbocycles. The van der Waals surface area contributed by atoms with Gasteiger partial charge in [-0.15, -0.1) is 0 Å². The van der Waals surface area contributed by atoms with E-state index in [1.807, 2.05) is 0 Å². The van der Waals surface area contributed by atoms with Crippen LogP contribution in [-0.2, 0) is 9.47 Å². The maximum Gasteiger partial charge on any atom is 0.0956 e. The standard InChI is InChI=1S/C16H25NO2/c1-12(2)17-10-16(19-14-8-9-18-11-14)15-7-5-4-6-13(15)3/h4-7,12,14,16-17H,8-11H2,1-3H3. The van der Waals surface area contributed by atoms with Gasteiger partial charge in [0.1, 0.15) is 0 Å². The van der Waals surface area contributed by atoms with E-state index in [0.717, 1.165) is 26.2 Å². The lowest BCUT2D eigenvalue weighted by atomic mass is 10.0. The zero-order valence-corrected chi connectivity index (χ0v) is 12.2. The number of hydrogen-bond acceptors (Lipinski definition) is 3. The normalized spacial score (nSPS) is 20.9. The number of benzene rings is 1. The van der Waals surface area contributed by atoms with Crippen molar-refractivity contribution in [2.45, 2.75) is 45.4 Å². The van der Waals surface area contributed by atoms with Crippen molar-refractivity contribution in [3.8, 4) is 0 Å². The predicted octanol–water partition coefficient (Wildman–Crippen LogP) is 2.84. The van der Waals surface area contributed by atoms with Crippen LogP contribution in [0.3, 0.4) is 0 Å². The summed E-state index contributed by atoms with van der Waals surface area (Å²) in [5, 5.41) is 3.48. The Morgan fingerprint density at radius 3 is 2.79 bits per heavy atom. The number of hydrogen-bond donors (Lipinski definition) is 1. The molecular formula is C16H25NO2.